The van der Waals surface area contributed by atoms with Crippen LogP contribution in [0.15, 0.2) is 12.2 Å². The third-order valence-electron chi connectivity index (χ3n) is 5.25. The maximum Gasteiger partial charge on any atom is -0.0146 e. The van der Waals surface area contributed by atoms with Gasteiger partial charge in [0.15, 0.2) is 0 Å². The van der Waals surface area contributed by atoms with Crippen LogP contribution in [0.1, 0.15) is 52.4 Å². The molecule has 0 aromatic heterocycles. The Bertz CT molecular complexity index is 286. The molecule has 0 aliphatic heterocycles. The minimum atomic E-state index is 0.619. The first-order valence-corrected chi connectivity index (χ1v) is 6.21. The first-order chi connectivity index (χ1) is 6.54. The van der Waals surface area contributed by atoms with E-state index in [1.807, 2.05) is 0 Å². The van der Waals surface area contributed by atoms with E-state index in [2.05, 4.69) is 20.4 Å². The second-order valence-electron chi connectivity index (χ2n) is 6.78. The molecule has 0 aromatic carbocycles. The SMILES string of the molecule is C=C1C[C@@H]2CC(C)(C)C[C@@]23CCC[C@@H]13. The van der Waals surface area contributed by atoms with Gasteiger partial charge in [-0.05, 0) is 54.8 Å². The van der Waals surface area contributed by atoms with E-state index in [0.29, 0.717) is 5.41 Å². The van der Waals surface area contributed by atoms with Crippen molar-refractivity contribution in [1.82, 2.24) is 0 Å². The van der Waals surface area contributed by atoms with Gasteiger partial charge in [-0.15, -0.1) is 0 Å². The molecule has 3 rings (SSSR count). The summed E-state index contributed by atoms with van der Waals surface area (Å²) >= 11 is 0. The predicted molar refractivity (Wildman–Crippen MR) is 60.0 cm³/mol. The molecule has 0 heteroatoms. The van der Waals surface area contributed by atoms with Gasteiger partial charge in [0.2, 0.25) is 0 Å². The van der Waals surface area contributed by atoms with Gasteiger partial charge in [-0.1, -0.05) is 32.4 Å². The van der Waals surface area contributed by atoms with Crippen LogP contribution in [-0.2, 0) is 0 Å². The Morgan fingerprint density at radius 2 is 2.14 bits per heavy atom. The highest BCUT2D eigenvalue weighted by molar-refractivity contribution is 5.23. The van der Waals surface area contributed by atoms with E-state index in [9.17, 15) is 0 Å². The molecule has 0 amide bonds. The fraction of sp³-hybridized carbons (Fsp3) is 0.857. The van der Waals surface area contributed by atoms with Gasteiger partial charge in [-0.25, -0.2) is 0 Å². The van der Waals surface area contributed by atoms with Crippen LogP contribution in [0, 0.1) is 22.7 Å². The average Bonchev–Trinajstić information content (AvgIpc) is 2.60. The van der Waals surface area contributed by atoms with Crippen LogP contribution >= 0.6 is 0 Å². The van der Waals surface area contributed by atoms with Gasteiger partial charge in [0.25, 0.3) is 0 Å². The standard InChI is InChI=1S/C14H22/c1-10-7-11-8-13(2,3)9-14(11)6-4-5-12(10)14/h11-12H,1,4-9H2,2-3H3/t11-,12+,14+/m1/s1. The Morgan fingerprint density at radius 1 is 1.36 bits per heavy atom. The van der Waals surface area contributed by atoms with Gasteiger partial charge in [-0.3, -0.25) is 0 Å². The van der Waals surface area contributed by atoms with Crippen LogP contribution in [0.5, 0.6) is 0 Å². The van der Waals surface area contributed by atoms with E-state index >= 15 is 0 Å². The lowest BCUT2D eigenvalue weighted by atomic mass is 9.74. The van der Waals surface area contributed by atoms with Crippen molar-refractivity contribution in [3.8, 4) is 0 Å². The second-order valence-corrected chi connectivity index (χ2v) is 6.78. The minimum Gasteiger partial charge on any atom is -0.0995 e. The van der Waals surface area contributed by atoms with Crippen LogP contribution in [0.2, 0.25) is 0 Å². The molecule has 0 heterocycles. The Kier molecular flexibility index (Phi) is 1.58. The summed E-state index contributed by atoms with van der Waals surface area (Å²) in [6.07, 6.45) is 8.72. The Morgan fingerprint density at radius 3 is 2.93 bits per heavy atom. The zero-order chi connectivity index (χ0) is 9.97. The fourth-order valence-corrected chi connectivity index (χ4v) is 5.12. The lowest BCUT2D eigenvalue weighted by Crippen LogP contribution is -2.23. The van der Waals surface area contributed by atoms with E-state index < -0.39 is 0 Å². The third kappa shape index (κ3) is 0.951. The van der Waals surface area contributed by atoms with Crippen molar-refractivity contribution in [3.63, 3.8) is 0 Å². The van der Waals surface area contributed by atoms with Gasteiger partial charge in [0.05, 0.1) is 0 Å². The molecular formula is C14H22. The minimum absolute atomic E-state index is 0.619. The molecule has 1 spiro atoms. The first-order valence-electron chi connectivity index (χ1n) is 6.21. The summed E-state index contributed by atoms with van der Waals surface area (Å²) in [6.45, 7) is 9.26. The highest BCUT2D eigenvalue weighted by Crippen LogP contribution is 2.69. The van der Waals surface area contributed by atoms with Crippen LogP contribution in [0.25, 0.3) is 0 Å². The van der Waals surface area contributed by atoms with E-state index in [1.54, 1.807) is 5.57 Å². The summed E-state index contributed by atoms with van der Waals surface area (Å²) in [4.78, 5) is 0. The van der Waals surface area contributed by atoms with Gasteiger partial charge in [-0.2, -0.15) is 0 Å². The lowest BCUT2D eigenvalue weighted by Gasteiger charge is -2.31. The summed E-state index contributed by atoms with van der Waals surface area (Å²) < 4.78 is 0. The zero-order valence-corrected chi connectivity index (χ0v) is 9.60. The molecule has 3 aliphatic carbocycles. The largest absolute Gasteiger partial charge is 0.0995 e. The summed E-state index contributed by atoms with van der Waals surface area (Å²) in [6, 6.07) is 0. The number of hydrogen-bond acceptors (Lipinski definition) is 0. The second kappa shape index (κ2) is 2.46. The van der Waals surface area contributed by atoms with Gasteiger partial charge >= 0.3 is 0 Å². The molecule has 0 radical (unpaired) electrons. The van der Waals surface area contributed by atoms with Crippen LogP contribution in [-0.4, -0.2) is 0 Å². The maximum absolute atomic E-state index is 4.32. The maximum atomic E-state index is 4.32. The van der Waals surface area contributed by atoms with E-state index in [-0.39, 0.29) is 0 Å². The highest BCUT2D eigenvalue weighted by Gasteiger charge is 2.60. The molecule has 3 atom stereocenters. The smallest absolute Gasteiger partial charge is 0.0146 e. The number of rotatable bonds is 0. The van der Waals surface area contributed by atoms with Crippen molar-refractivity contribution in [3.05, 3.63) is 12.2 Å². The van der Waals surface area contributed by atoms with E-state index in [0.717, 1.165) is 17.3 Å². The Labute approximate surface area is 87.8 Å². The van der Waals surface area contributed by atoms with E-state index in [1.165, 1.54) is 38.5 Å². The monoisotopic (exact) mass is 190 g/mol. The van der Waals surface area contributed by atoms with Crippen LogP contribution in [0.4, 0.5) is 0 Å². The fourth-order valence-electron chi connectivity index (χ4n) is 5.12. The van der Waals surface area contributed by atoms with Crippen molar-refractivity contribution in [2.24, 2.45) is 22.7 Å². The quantitative estimate of drug-likeness (QED) is 0.503. The normalized spacial score (nSPS) is 49.4. The van der Waals surface area contributed by atoms with Gasteiger partial charge < -0.3 is 0 Å². The summed E-state index contributed by atoms with van der Waals surface area (Å²) in [7, 11) is 0. The van der Waals surface area contributed by atoms with Crippen molar-refractivity contribution in [1.29, 1.82) is 0 Å². The van der Waals surface area contributed by atoms with Crippen molar-refractivity contribution >= 4 is 0 Å². The number of hydrogen-bond donors (Lipinski definition) is 0. The molecule has 14 heavy (non-hydrogen) atoms. The van der Waals surface area contributed by atoms with E-state index in [4.69, 9.17) is 0 Å². The molecule has 0 aromatic rings. The summed E-state index contributed by atoms with van der Waals surface area (Å²) in [5, 5.41) is 0. The first kappa shape index (κ1) is 9.00. The predicted octanol–water partition coefficient (Wildman–Crippen LogP) is 4.17. The molecule has 3 saturated carbocycles. The molecule has 0 N–H and O–H groups in total. The van der Waals surface area contributed by atoms with Crippen LogP contribution in [0.3, 0.4) is 0 Å². The van der Waals surface area contributed by atoms with Crippen molar-refractivity contribution in [2.75, 3.05) is 0 Å². The number of allylic oxidation sites excluding steroid dienone is 1. The van der Waals surface area contributed by atoms with Gasteiger partial charge in [0, 0.05) is 0 Å². The molecule has 78 valence electrons. The average molecular weight is 190 g/mol. The topological polar surface area (TPSA) is 0 Å². The van der Waals surface area contributed by atoms with Gasteiger partial charge in [0.1, 0.15) is 0 Å². The molecule has 3 fully saturated rings. The Hall–Kier alpha value is -0.260. The van der Waals surface area contributed by atoms with Crippen molar-refractivity contribution in [2.45, 2.75) is 52.4 Å². The van der Waals surface area contributed by atoms with Crippen LogP contribution < -0.4 is 0 Å². The molecular weight excluding hydrogens is 168 g/mol. The molecule has 0 nitrogen and oxygen atoms in total. The molecule has 0 unspecified atom stereocenters. The summed E-state index contributed by atoms with van der Waals surface area (Å²) in [5.74, 6) is 1.91. The molecule has 0 bridgehead atoms. The third-order valence-corrected chi connectivity index (χ3v) is 5.25. The zero-order valence-electron chi connectivity index (χ0n) is 9.60. The lowest BCUT2D eigenvalue weighted by molar-refractivity contribution is 0.193. The Balaban J connectivity index is 2.00. The van der Waals surface area contributed by atoms with Crippen molar-refractivity contribution < 1.29 is 0 Å². The highest BCUT2D eigenvalue weighted by atomic mass is 14.6. The molecule has 3 aliphatic rings. The molecule has 0 saturated heterocycles. The summed E-state index contributed by atoms with van der Waals surface area (Å²) in [5.41, 5.74) is 2.94.